The molecule has 6 heteroatoms. The summed E-state index contributed by atoms with van der Waals surface area (Å²) >= 11 is 1.64. The van der Waals surface area contributed by atoms with Gasteiger partial charge in [-0.25, -0.2) is 0 Å². The van der Waals surface area contributed by atoms with Crippen LogP contribution in [0.4, 0.5) is 0 Å². The van der Waals surface area contributed by atoms with Gasteiger partial charge in [0.1, 0.15) is 6.04 Å². The predicted octanol–water partition coefficient (Wildman–Crippen LogP) is 3.77. The third-order valence-electron chi connectivity index (χ3n) is 4.59. The summed E-state index contributed by atoms with van der Waals surface area (Å²) < 4.78 is 5.29. The first-order valence-electron chi connectivity index (χ1n) is 8.46. The van der Waals surface area contributed by atoms with E-state index in [1.807, 2.05) is 6.92 Å². The van der Waals surface area contributed by atoms with E-state index >= 15 is 0 Å². The number of amides is 1. The van der Waals surface area contributed by atoms with Gasteiger partial charge >= 0.3 is 0 Å². The number of carbonyl (C=O) groups excluding carboxylic acids is 1. The van der Waals surface area contributed by atoms with Crippen molar-refractivity contribution in [2.24, 2.45) is 0 Å². The molecule has 1 N–H and O–H groups in total. The Bertz CT molecular complexity index is 694. The lowest BCUT2D eigenvalue weighted by Gasteiger charge is -2.08. The zero-order valence-electron chi connectivity index (χ0n) is 13.3. The average Bonchev–Trinajstić information content (AvgIpc) is 3.20. The lowest BCUT2D eigenvalue weighted by atomic mass is 10.1. The Hall–Kier alpha value is -1.69. The Morgan fingerprint density at radius 1 is 1.35 bits per heavy atom. The van der Waals surface area contributed by atoms with Crippen molar-refractivity contribution in [3.63, 3.8) is 0 Å². The van der Waals surface area contributed by atoms with Crippen molar-refractivity contribution >= 4 is 17.2 Å². The summed E-state index contributed by atoms with van der Waals surface area (Å²) in [5, 5.41) is 6.99. The van der Waals surface area contributed by atoms with Crippen molar-refractivity contribution in [3.05, 3.63) is 33.1 Å². The van der Waals surface area contributed by atoms with Gasteiger partial charge in [0.15, 0.2) is 5.82 Å². The van der Waals surface area contributed by atoms with Crippen LogP contribution in [0, 0.1) is 0 Å². The third kappa shape index (κ3) is 3.17. The summed E-state index contributed by atoms with van der Waals surface area (Å²) in [6.45, 7) is 1.89. The number of carbonyl (C=O) groups is 1. The molecule has 0 radical (unpaired) electrons. The Labute approximate surface area is 139 Å². The van der Waals surface area contributed by atoms with Crippen molar-refractivity contribution in [2.45, 2.75) is 63.8 Å². The van der Waals surface area contributed by atoms with E-state index in [1.165, 1.54) is 29.7 Å². The highest BCUT2D eigenvalue weighted by Crippen LogP contribution is 2.38. The molecule has 2 heterocycles. The fourth-order valence-electron chi connectivity index (χ4n) is 3.04. The number of thiophene rings is 1. The fraction of sp³-hybridized carbons (Fsp3) is 0.588. The van der Waals surface area contributed by atoms with Gasteiger partial charge in [0, 0.05) is 10.8 Å². The molecule has 2 aliphatic carbocycles. The second-order valence-electron chi connectivity index (χ2n) is 6.58. The zero-order valence-corrected chi connectivity index (χ0v) is 14.1. The van der Waals surface area contributed by atoms with E-state index in [9.17, 15) is 4.79 Å². The third-order valence-corrected chi connectivity index (χ3v) is 5.82. The maximum atomic E-state index is 12.5. The number of hydrogen-bond acceptors (Lipinski definition) is 5. The number of rotatable bonds is 4. The lowest BCUT2D eigenvalue weighted by molar-refractivity contribution is 0.0936. The molecule has 0 aromatic carbocycles. The molecule has 2 aromatic rings. The van der Waals surface area contributed by atoms with Crippen LogP contribution >= 0.6 is 11.3 Å². The van der Waals surface area contributed by atoms with Crippen molar-refractivity contribution < 1.29 is 9.32 Å². The second-order valence-corrected chi connectivity index (χ2v) is 7.72. The first kappa shape index (κ1) is 14.9. The van der Waals surface area contributed by atoms with Crippen molar-refractivity contribution in [1.29, 1.82) is 0 Å². The topological polar surface area (TPSA) is 68.0 Å². The minimum Gasteiger partial charge on any atom is -0.340 e. The predicted molar refractivity (Wildman–Crippen MR) is 87.7 cm³/mol. The van der Waals surface area contributed by atoms with E-state index in [1.54, 1.807) is 11.3 Å². The van der Waals surface area contributed by atoms with Crippen LogP contribution in [-0.2, 0) is 12.8 Å². The highest BCUT2D eigenvalue weighted by atomic mass is 32.1. The molecule has 0 bridgehead atoms. The van der Waals surface area contributed by atoms with Crippen molar-refractivity contribution in [2.75, 3.05) is 0 Å². The number of aryl methyl sites for hydroxylation is 2. The SMILES string of the molecule is C[C@H](NC(=O)c1cc2c(s1)CCCCC2)c1nc(C2CC2)no1. The quantitative estimate of drug-likeness (QED) is 0.866. The van der Waals surface area contributed by atoms with Gasteiger partial charge in [-0.2, -0.15) is 4.98 Å². The normalized spacial score (nSPS) is 19.0. The molecule has 2 aromatic heterocycles. The van der Waals surface area contributed by atoms with Crippen LogP contribution in [0.1, 0.15) is 82.8 Å². The maximum absolute atomic E-state index is 12.5. The largest absolute Gasteiger partial charge is 0.340 e. The van der Waals surface area contributed by atoms with E-state index in [0.717, 1.165) is 36.4 Å². The molecule has 1 atom stereocenters. The lowest BCUT2D eigenvalue weighted by Crippen LogP contribution is -2.26. The molecule has 23 heavy (non-hydrogen) atoms. The van der Waals surface area contributed by atoms with Gasteiger partial charge in [0.2, 0.25) is 5.89 Å². The van der Waals surface area contributed by atoms with Gasteiger partial charge in [-0.05, 0) is 57.1 Å². The molecule has 0 aliphatic heterocycles. The van der Waals surface area contributed by atoms with Gasteiger partial charge in [0.05, 0.1) is 4.88 Å². The number of nitrogens with one attached hydrogen (secondary N) is 1. The number of nitrogens with zero attached hydrogens (tertiary/aromatic N) is 2. The summed E-state index contributed by atoms with van der Waals surface area (Å²) in [7, 11) is 0. The molecule has 4 rings (SSSR count). The standard InChI is InChI=1S/C17H21N3O2S/c1-10(17-19-15(20-22-17)11-7-8-11)18-16(21)14-9-12-5-3-2-4-6-13(12)23-14/h9-11H,2-8H2,1H3,(H,18,21)/t10-/m0/s1. The maximum Gasteiger partial charge on any atom is 0.262 e. The first-order valence-corrected chi connectivity index (χ1v) is 9.28. The smallest absolute Gasteiger partial charge is 0.262 e. The minimum absolute atomic E-state index is 0.0401. The van der Waals surface area contributed by atoms with Gasteiger partial charge in [-0.3, -0.25) is 4.79 Å². The summed E-state index contributed by atoms with van der Waals surface area (Å²) in [5.74, 6) is 1.70. The molecule has 122 valence electrons. The Balaban J connectivity index is 1.44. The molecule has 1 amide bonds. The average molecular weight is 331 g/mol. The highest BCUT2D eigenvalue weighted by Gasteiger charge is 2.30. The van der Waals surface area contributed by atoms with Crippen LogP contribution < -0.4 is 5.32 Å². The molecule has 5 nitrogen and oxygen atoms in total. The van der Waals surface area contributed by atoms with E-state index in [0.29, 0.717) is 11.8 Å². The van der Waals surface area contributed by atoms with E-state index in [-0.39, 0.29) is 11.9 Å². The second kappa shape index (κ2) is 6.07. The number of aromatic nitrogens is 2. The zero-order chi connectivity index (χ0) is 15.8. The van der Waals surface area contributed by atoms with E-state index in [2.05, 4.69) is 21.5 Å². The van der Waals surface area contributed by atoms with Gasteiger partial charge in [-0.15, -0.1) is 11.3 Å². The monoisotopic (exact) mass is 331 g/mol. The molecule has 0 saturated heterocycles. The van der Waals surface area contributed by atoms with Crippen molar-refractivity contribution in [3.8, 4) is 0 Å². The van der Waals surface area contributed by atoms with Crippen LogP contribution in [0.25, 0.3) is 0 Å². The van der Waals surface area contributed by atoms with Gasteiger partial charge in [0.25, 0.3) is 5.91 Å². The fourth-order valence-corrected chi connectivity index (χ4v) is 4.20. The van der Waals surface area contributed by atoms with Crippen LogP contribution in [0.15, 0.2) is 10.6 Å². The van der Waals surface area contributed by atoms with E-state index < -0.39 is 0 Å². The molecule has 2 aliphatic rings. The molecular weight excluding hydrogens is 310 g/mol. The van der Waals surface area contributed by atoms with Crippen molar-refractivity contribution in [1.82, 2.24) is 15.5 Å². The summed E-state index contributed by atoms with van der Waals surface area (Å²) in [5.41, 5.74) is 1.36. The Morgan fingerprint density at radius 3 is 3.00 bits per heavy atom. The minimum atomic E-state index is -0.260. The highest BCUT2D eigenvalue weighted by molar-refractivity contribution is 7.14. The Kier molecular flexibility index (Phi) is 3.93. The molecule has 0 unspecified atom stereocenters. The number of fused-ring (bicyclic) bond motifs is 1. The van der Waals surface area contributed by atoms with Gasteiger partial charge in [-0.1, -0.05) is 11.6 Å². The van der Waals surface area contributed by atoms with Crippen LogP contribution in [-0.4, -0.2) is 16.0 Å². The van der Waals surface area contributed by atoms with Gasteiger partial charge < -0.3 is 9.84 Å². The van der Waals surface area contributed by atoms with Crippen LogP contribution in [0.3, 0.4) is 0 Å². The first-order chi connectivity index (χ1) is 11.2. The van der Waals surface area contributed by atoms with Crippen LogP contribution in [0.5, 0.6) is 0 Å². The number of hydrogen-bond donors (Lipinski definition) is 1. The molecule has 1 fully saturated rings. The van der Waals surface area contributed by atoms with Crippen LogP contribution in [0.2, 0.25) is 0 Å². The molecule has 1 saturated carbocycles. The Morgan fingerprint density at radius 2 is 2.17 bits per heavy atom. The summed E-state index contributed by atoms with van der Waals surface area (Å²) in [6, 6.07) is 1.81. The summed E-state index contributed by atoms with van der Waals surface area (Å²) in [4.78, 5) is 19.1. The molecular formula is C17H21N3O2S. The molecule has 0 spiro atoms. The summed E-state index contributed by atoms with van der Waals surface area (Å²) in [6.07, 6.45) is 8.24. The van der Waals surface area contributed by atoms with E-state index in [4.69, 9.17) is 4.52 Å².